The molecule has 0 aliphatic heterocycles. The van der Waals surface area contributed by atoms with Crippen LogP contribution in [-0.4, -0.2) is 25.5 Å². The van der Waals surface area contributed by atoms with E-state index in [1.165, 1.54) is 16.0 Å². The number of carbonyl (C=O) groups is 1. The highest BCUT2D eigenvalue weighted by molar-refractivity contribution is 5.90. The van der Waals surface area contributed by atoms with E-state index in [0.717, 1.165) is 30.9 Å². The molecule has 0 fully saturated rings. The number of hydrogen-bond acceptors (Lipinski definition) is 1. The van der Waals surface area contributed by atoms with E-state index in [9.17, 15) is 4.79 Å². The summed E-state index contributed by atoms with van der Waals surface area (Å²) in [5, 5.41) is 2.98. The van der Waals surface area contributed by atoms with E-state index >= 15 is 0 Å². The molecule has 1 amide bonds. The molecular formula is C17H27N2O+. The smallest absolute Gasteiger partial charge is 0.230 e. The number of benzene rings is 1. The molecule has 0 heterocycles. The predicted octanol–water partition coefficient (Wildman–Crippen LogP) is 2.11. The lowest BCUT2D eigenvalue weighted by Crippen LogP contribution is -3.12. The highest BCUT2D eigenvalue weighted by atomic mass is 16.1. The zero-order chi connectivity index (χ0) is 15.1. The molecule has 3 heteroatoms. The summed E-state index contributed by atoms with van der Waals surface area (Å²) in [4.78, 5) is 13.4. The largest absolute Gasteiger partial charge is 0.331 e. The minimum Gasteiger partial charge on any atom is -0.331 e. The first-order valence-corrected chi connectivity index (χ1v) is 7.26. The maximum absolute atomic E-state index is 12.0. The van der Waals surface area contributed by atoms with Gasteiger partial charge in [-0.3, -0.25) is 4.79 Å². The summed E-state index contributed by atoms with van der Waals surface area (Å²) in [5.74, 6) is 0.0858. The first kappa shape index (κ1) is 16.4. The van der Waals surface area contributed by atoms with Gasteiger partial charge < -0.3 is 10.2 Å². The minimum atomic E-state index is 0.0858. The number of rotatable bonds is 7. The second kappa shape index (κ2) is 7.85. The number of likely N-dealkylation sites (N-methyl/N-ethyl adjacent to an activating group) is 1. The van der Waals surface area contributed by atoms with Gasteiger partial charge in [-0.15, -0.1) is 0 Å². The molecule has 0 aromatic heterocycles. The number of aryl methyl sites for hydroxylation is 2. The van der Waals surface area contributed by atoms with Gasteiger partial charge >= 0.3 is 0 Å². The topological polar surface area (TPSA) is 33.5 Å². The highest BCUT2D eigenvalue weighted by Gasteiger charge is 2.10. The molecule has 0 spiro atoms. The number of nitrogens with one attached hydrogen (secondary N) is 2. The molecule has 1 rings (SSSR count). The van der Waals surface area contributed by atoms with Crippen LogP contribution in [0.5, 0.6) is 0 Å². The molecule has 0 saturated heterocycles. The first-order chi connectivity index (χ1) is 9.40. The quantitative estimate of drug-likeness (QED) is 0.734. The van der Waals surface area contributed by atoms with Crippen LogP contribution in [0.25, 0.3) is 0 Å². The number of hydrogen-bond donors (Lipinski definition) is 2. The van der Waals surface area contributed by atoms with E-state index in [0.29, 0.717) is 6.42 Å². The third-order valence-corrected chi connectivity index (χ3v) is 3.26. The van der Waals surface area contributed by atoms with E-state index in [1.807, 2.05) is 32.9 Å². The fraction of sp³-hybridized carbons (Fsp3) is 0.471. The Kier molecular flexibility index (Phi) is 6.46. The lowest BCUT2D eigenvalue weighted by Gasteiger charge is -2.17. The van der Waals surface area contributed by atoms with Gasteiger partial charge in [-0.05, 0) is 56.5 Å². The third kappa shape index (κ3) is 6.02. The van der Waals surface area contributed by atoms with Gasteiger partial charge in [0.1, 0.15) is 0 Å². The van der Waals surface area contributed by atoms with Gasteiger partial charge in [-0.1, -0.05) is 12.6 Å². The molecule has 110 valence electrons. The van der Waals surface area contributed by atoms with Crippen LogP contribution in [0, 0.1) is 13.8 Å². The molecule has 1 atom stereocenters. The Hall–Kier alpha value is -1.61. The van der Waals surface area contributed by atoms with Gasteiger partial charge in [0.15, 0.2) is 0 Å². The number of carbonyl (C=O) groups excluding carboxylic acids is 1. The average Bonchev–Trinajstić information content (AvgIpc) is 2.32. The zero-order valence-electron chi connectivity index (χ0n) is 13.2. The van der Waals surface area contributed by atoms with Gasteiger partial charge in [-0.25, -0.2) is 0 Å². The zero-order valence-corrected chi connectivity index (χ0v) is 13.2. The van der Waals surface area contributed by atoms with Crippen LogP contribution in [0.1, 0.15) is 31.4 Å². The van der Waals surface area contributed by atoms with Gasteiger partial charge in [0.25, 0.3) is 0 Å². The summed E-state index contributed by atoms with van der Waals surface area (Å²) >= 11 is 0. The Morgan fingerprint density at radius 1 is 1.25 bits per heavy atom. The lowest BCUT2D eigenvalue weighted by atomic mass is 10.1. The van der Waals surface area contributed by atoms with Gasteiger partial charge in [0, 0.05) is 5.69 Å². The SMILES string of the molecule is C=C(C)C[NH+](CC)CCC(=O)Nc1cc(C)cc(C)c1. The first-order valence-electron chi connectivity index (χ1n) is 7.26. The Morgan fingerprint density at radius 3 is 2.35 bits per heavy atom. The van der Waals surface area contributed by atoms with Crippen molar-refractivity contribution in [2.75, 3.05) is 25.0 Å². The predicted molar refractivity (Wildman–Crippen MR) is 85.2 cm³/mol. The van der Waals surface area contributed by atoms with Crippen molar-refractivity contribution in [2.45, 2.75) is 34.1 Å². The van der Waals surface area contributed by atoms with E-state index in [1.54, 1.807) is 0 Å². The highest BCUT2D eigenvalue weighted by Crippen LogP contribution is 2.13. The Morgan fingerprint density at radius 2 is 1.85 bits per heavy atom. The maximum Gasteiger partial charge on any atom is 0.230 e. The molecule has 0 aliphatic rings. The molecule has 0 aliphatic carbocycles. The van der Waals surface area contributed by atoms with E-state index < -0.39 is 0 Å². The molecule has 1 unspecified atom stereocenters. The maximum atomic E-state index is 12.0. The van der Waals surface area contributed by atoms with Crippen molar-refractivity contribution < 1.29 is 9.69 Å². The van der Waals surface area contributed by atoms with Crippen molar-refractivity contribution in [1.29, 1.82) is 0 Å². The number of quaternary nitrogens is 1. The van der Waals surface area contributed by atoms with Crippen molar-refractivity contribution in [3.63, 3.8) is 0 Å². The molecule has 0 saturated carbocycles. The van der Waals surface area contributed by atoms with Crippen LogP contribution in [-0.2, 0) is 4.79 Å². The van der Waals surface area contributed by atoms with E-state index in [2.05, 4.69) is 24.9 Å². The summed E-state index contributed by atoms with van der Waals surface area (Å²) in [6.07, 6.45) is 0.545. The Balaban J connectivity index is 2.48. The number of amides is 1. The summed E-state index contributed by atoms with van der Waals surface area (Å²) in [7, 11) is 0. The summed E-state index contributed by atoms with van der Waals surface area (Å²) in [6, 6.07) is 6.11. The molecular weight excluding hydrogens is 248 g/mol. The van der Waals surface area contributed by atoms with Crippen molar-refractivity contribution in [2.24, 2.45) is 0 Å². The van der Waals surface area contributed by atoms with Gasteiger partial charge in [0.05, 0.1) is 26.1 Å². The molecule has 3 nitrogen and oxygen atoms in total. The second-order valence-electron chi connectivity index (χ2n) is 5.66. The fourth-order valence-corrected chi connectivity index (χ4v) is 2.38. The van der Waals surface area contributed by atoms with Crippen LogP contribution < -0.4 is 10.2 Å². The Bertz CT molecular complexity index is 460. The molecule has 2 N–H and O–H groups in total. The fourth-order valence-electron chi connectivity index (χ4n) is 2.38. The third-order valence-electron chi connectivity index (χ3n) is 3.26. The molecule has 1 aromatic rings. The van der Waals surface area contributed by atoms with Gasteiger partial charge in [-0.2, -0.15) is 0 Å². The average molecular weight is 275 g/mol. The van der Waals surface area contributed by atoms with Crippen LogP contribution in [0.4, 0.5) is 5.69 Å². The normalized spacial score (nSPS) is 12.0. The van der Waals surface area contributed by atoms with Crippen LogP contribution in [0.15, 0.2) is 30.4 Å². The van der Waals surface area contributed by atoms with E-state index in [-0.39, 0.29) is 5.91 Å². The standard InChI is InChI=1S/C17H26N2O/c1-6-19(12-13(2)3)8-7-17(20)18-16-10-14(4)9-15(5)11-16/h9-11H,2,6-8,12H2,1,3-5H3,(H,18,20)/p+1. The number of anilines is 1. The van der Waals surface area contributed by atoms with Crippen LogP contribution >= 0.6 is 0 Å². The molecule has 0 radical (unpaired) electrons. The van der Waals surface area contributed by atoms with Crippen LogP contribution in [0.3, 0.4) is 0 Å². The van der Waals surface area contributed by atoms with Gasteiger partial charge in [0.2, 0.25) is 5.91 Å². The second-order valence-corrected chi connectivity index (χ2v) is 5.66. The van der Waals surface area contributed by atoms with Crippen molar-refractivity contribution in [1.82, 2.24) is 0 Å². The minimum absolute atomic E-state index is 0.0858. The molecule has 1 aromatic carbocycles. The van der Waals surface area contributed by atoms with E-state index in [4.69, 9.17) is 0 Å². The molecule has 0 bridgehead atoms. The summed E-state index contributed by atoms with van der Waals surface area (Å²) in [6.45, 7) is 15.0. The van der Waals surface area contributed by atoms with Crippen molar-refractivity contribution in [3.05, 3.63) is 41.5 Å². The summed E-state index contributed by atoms with van der Waals surface area (Å²) in [5.41, 5.74) is 4.40. The van der Waals surface area contributed by atoms with Crippen LogP contribution in [0.2, 0.25) is 0 Å². The Labute approximate surface area is 122 Å². The molecule has 20 heavy (non-hydrogen) atoms. The monoisotopic (exact) mass is 275 g/mol. The summed E-state index contributed by atoms with van der Waals surface area (Å²) < 4.78 is 0. The lowest BCUT2D eigenvalue weighted by molar-refractivity contribution is -0.892. The van der Waals surface area contributed by atoms with Crippen molar-refractivity contribution >= 4 is 11.6 Å². The van der Waals surface area contributed by atoms with Crippen molar-refractivity contribution in [3.8, 4) is 0 Å².